The van der Waals surface area contributed by atoms with E-state index < -0.39 is 22.4 Å². The normalized spacial score (nSPS) is 11.5. The second-order valence-electron chi connectivity index (χ2n) is 7.02. The molecule has 0 saturated heterocycles. The predicted molar refractivity (Wildman–Crippen MR) is 128 cm³/mol. The van der Waals surface area contributed by atoms with Crippen LogP contribution in [0.2, 0.25) is 10.0 Å². The monoisotopic (exact) mass is 527 g/mol. The summed E-state index contributed by atoms with van der Waals surface area (Å²) >= 11 is 12.1. The van der Waals surface area contributed by atoms with E-state index in [1.807, 2.05) is 0 Å². The van der Waals surface area contributed by atoms with Gasteiger partial charge in [0.05, 0.1) is 23.3 Å². The summed E-state index contributed by atoms with van der Waals surface area (Å²) in [5.74, 6) is 0.864. The van der Waals surface area contributed by atoms with Gasteiger partial charge in [0.2, 0.25) is 0 Å². The van der Waals surface area contributed by atoms with Crippen molar-refractivity contribution in [2.75, 3.05) is 12.0 Å². The van der Waals surface area contributed by atoms with Crippen LogP contribution >= 0.6 is 23.2 Å². The maximum Gasteiger partial charge on any atom is 0.416 e. The van der Waals surface area contributed by atoms with E-state index in [0.717, 1.165) is 17.7 Å². The highest BCUT2D eigenvalue weighted by atomic mass is 35.5. The van der Waals surface area contributed by atoms with Crippen LogP contribution in [0, 0.1) is 10.1 Å². The second-order valence-corrected chi connectivity index (χ2v) is 7.86. The van der Waals surface area contributed by atoms with E-state index in [2.05, 4.69) is 10.5 Å². The Hall–Kier alpha value is -3.50. The van der Waals surface area contributed by atoms with Gasteiger partial charge in [-0.25, -0.2) is 0 Å². The van der Waals surface area contributed by atoms with Crippen LogP contribution < -0.4 is 14.9 Å². The molecule has 0 aliphatic carbocycles. The van der Waals surface area contributed by atoms with E-state index in [4.69, 9.17) is 32.7 Å². The average molecular weight is 528 g/mol. The highest BCUT2D eigenvalue weighted by Crippen LogP contribution is 2.35. The number of nitro groups is 1. The molecule has 0 spiro atoms. The minimum atomic E-state index is -4.70. The van der Waals surface area contributed by atoms with Gasteiger partial charge in [-0.05, 0) is 55.0 Å². The molecule has 0 fully saturated rings. The molecule has 7 nitrogen and oxygen atoms in total. The summed E-state index contributed by atoms with van der Waals surface area (Å²) < 4.78 is 50.0. The number of alkyl halides is 3. The minimum Gasteiger partial charge on any atom is -0.490 e. The third-order valence-corrected chi connectivity index (χ3v) is 5.17. The number of halogens is 5. The van der Waals surface area contributed by atoms with Crippen LogP contribution in [0.25, 0.3) is 0 Å². The number of nitro benzene ring substituents is 1. The summed E-state index contributed by atoms with van der Waals surface area (Å²) in [6.45, 7) is 2.32. The molecule has 0 radical (unpaired) electrons. The Bertz CT molecular complexity index is 1250. The smallest absolute Gasteiger partial charge is 0.416 e. The molecule has 0 amide bonds. The van der Waals surface area contributed by atoms with Crippen LogP contribution in [0.4, 0.5) is 24.5 Å². The molecule has 0 saturated carbocycles. The lowest BCUT2D eigenvalue weighted by molar-refractivity contribution is -0.384. The molecule has 0 aromatic heterocycles. The van der Waals surface area contributed by atoms with E-state index >= 15 is 0 Å². The van der Waals surface area contributed by atoms with Crippen LogP contribution in [0.5, 0.6) is 11.5 Å². The molecular weight excluding hydrogens is 510 g/mol. The molecule has 3 aromatic carbocycles. The number of hydrogen-bond acceptors (Lipinski definition) is 6. The van der Waals surface area contributed by atoms with Gasteiger partial charge in [-0.2, -0.15) is 18.3 Å². The van der Waals surface area contributed by atoms with E-state index in [-0.39, 0.29) is 12.3 Å². The van der Waals surface area contributed by atoms with Gasteiger partial charge in [-0.15, -0.1) is 0 Å². The molecule has 0 bridgehead atoms. The summed E-state index contributed by atoms with van der Waals surface area (Å²) in [6.07, 6.45) is -3.37. The minimum absolute atomic E-state index is 0.169. The topological polar surface area (TPSA) is 86.0 Å². The van der Waals surface area contributed by atoms with Crippen molar-refractivity contribution in [1.82, 2.24) is 0 Å². The van der Waals surface area contributed by atoms with Crippen molar-refractivity contribution in [3.05, 3.63) is 91.4 Å². The molecule has 0 atom stereocenters. The Morgan fingerprint density at radius 3 is 2.49 bits per heavy atom. The first-order chi connectivity index (χ1) is 16.6. The van der Waals surface area contributed by atoms with Gasteiger partial charge in [0.1, 0.15) is 12.3 Å². The zero-order valence-electron chi connectivity index (χ0n) is 18.1. The van der Waals surface area contributed by atoms with Crippen molar-refractivity contribution in [1.29, 1.82) is 0 Å². The number of ether oxygens (including phenoxy) is 2. The lowest BCUT2D eigenvalue weighted by Crippen LogP contribution is -2.06. The molecule has 0 heterocycles. The number of nitrogens with zero attached hydrogens (tertiary/aromatic N) is 2. The zero-order valence-corrected chi connectivity index (χ0v) is 19.6. The Labute approximate surface area is 208 Å². The number of rotatable bonds is 9. The fraction of sp³-hybridized carbons (Fsp3) is 0.174. The lowest BCUT2D eigenvalue weighted by atomic mass is 10.1. The van der Waals surface area contributed by atoms with Gasteiger partial charge in [0.15, 0.2) is 11.5 Å². The molecule has 184 valence electrons. The first-order valence-corrected chi connectivity index (χ1v) is 10.8. The number of hydrogen-bond donors (Lipinski definition) is 1. The van der Waals surface area contributed by atoms with Crippen LogP contribution in [-0.2, 0) is 12.8 Å². The highest BCUT2D eigenvalue weighted by molar-refractivity contribution is 6.35. The van der Waals surface area contributed by atoms with Crippen LogP contribution in [-0.4, -0.2) is 17.7 Å². The fourth-order valence-corrected chi connectivity index (χ4v) is 3.38. The van der Waals surface area contributed by atoms with Crippen molar-refractivity contribution in [3.8, 4) is 11.5 Å². The lowest BCUT2D eigenvalue weighted by Gasteiger charge is -2.13. The van der Waals surface area contributed by atoms with Gasteiger partial charge < -0.3 is 9.47 Å². The molecular formula is C23H18Cl2F3N3O4. The Morgan fingerprint density at radius 2 is 1.83 bits per heavy atom. The van der Waals surface area contributed by atoms with Crippen LogP contribution in [0.1, 0.15) is 23.6 Å². The summed E-state index contributed by atoms with van der Waals surface area (Å²) in [6, 6.07) is 12.1. The van der Waals surface area contributed by atoms with Crippen LogP contribution in [0.3, 0.4) is 0 Å². The molecule has 0 aliphatic heterocycles. The quantitative estimate of drug-likeness (QED) is 0.178. The molecule has 35 heavy (non-hydrogen) atoms. The molecule has 3 rings (SSSR count). The van der Waals surface area contributed by atoms with Crippen LogP contribution in [0.15, 0.2) is 59.7 Å². The first kappa shape index (κ1) is 26.1. The third-order valence-electron chi connectivity index (χ3n) is 4.59. The summed E-state index contributed by atoms with van der Waals surface area (Å²) in [5, 5.41) is 16.1. The predicted octanol–water partition coefficient (Wildman–Crippen LogP) is 7.34. The maximum absolute atomic E-state index is 12.9. The Morgan fingerprint density at radius 1 is 1.06 bits per heavy atom. The SMILES string of the molecule is CCOc1cc(/C=N\Nc2ccc(C(F)(F)F)cc2[N+](=O)[O-])ccc1OCc1ccc(Cl)cc1Cl. The number of hydrazone groups is 1. The second kappa shape index (κ2) is 11.3. The highest BCUT2D eigenvalue weighted by Gasteiger charge is 2.33. The standard InChI is InChI=1S/C23H18Cl2F3N3O4/c1-2-34-22-9-14(3-8-21(22)35-13-15-4-6-17(24)11-18(15)25)12-29-30-19-7-5-16(23(26,27)28)10-20(19)31(32)33/h3-12,30H,2,13H2,1H3/b29-12-. The molecule has 3 aromatic rings. The third kappa shape index (κ3) is 7.00. The fourth-order valence-electron chi connectivity index (χ4n) is 2.92. The van der Waals surface area contributed by atoms with E-state index in [1.54, 1.807) is 43.3 Å². The average Bonchev–Trinajstić information content (AvgIpc) is 2.79. The summed E-state index contributed by atoms with van der Waals surface area (Å²) in [7, 11) is 0. The Balaban J connectivity index is 1.75. The van der Waals surface area contributed by atoms with Crippen molar-refractivity contribution in [2.45, 2.75) is 19.7 Å². The number of benzene rings is 3. The summed E-state index contributed by atoms with van der Waals surface area (Å²) in [4.78, 5) is 10.3. The number of nitrogens with one attached hydrogen (secondary N) is 1. The number of anilines is 1. The maximum atomic E-state index is 12.9. The van der Waals surface area contributed by atoms with E-state index in [0.29, 0.717) is 39.8 Å². The molecule has 0 aliphatic rings. The molecule has 12 heteroatoms. The largest absolute Gasteiger partial charge is 0.490 e. The van der Waals surface area contributed by atoms with Gasteiger partial charge in [-0.1, -0.05) is 29.3 Å². The Kier molecular flexibility index (Phi) is 8.42. The van der Waals surface area contributed by atoms with Gasteiger partial charge in [0, 0.05) is 21.7 Å². The van der Waals surface area contributed by atoms with Crippen molar-refractivity contribution >= 4 is 40.8 Å². The van der Waals surface area contributed by atoms with Crippen molar-refractivity contribution < 1.29 is 27.6 Å². The summed E-state index contributed by atoms with van der Waals surface area (Å²) in [5.41, 5.74) is 1.61. The van der Waals surface area contributed by atoms with Crippen molar-refractivity contribution in [3.63, 3.8) is 0 Å². The zero-order chi connectivity index (χ0) is 25.6. The van der Waals surface area contributed by atoms with Crippen molar-refractivity contribution in [2.24, 2.45) is 5.10 Å². The van der Waals surface area contributed by atoms with Gasteiger partial charge in [-0.3, -0.25) is 15.5 Å². The van der Waals surface area contributed by atoms with E-state index in [9.17, 15) is 23.3 Å². The first-order valence-electron chi connectivity index (χ1n) is 10.1. The molecule has 1 N–H and O–H groups in total. The van der Waals surface area contributed by atoms with Gasteiger partial charge >= 0.3 is 6.18 Å². The van der Waals surface area contributed by atoms with Gasteiger partial charge in [0.25, 0.3) is 5.69 Å². The molecule has 0 unspecified atom stereocenters. The van der Waals surface area contributed by atoms with E-state index in [1.165, 1.54) is 6.21 Å².